The minimum atomic E-state index is -3.16. The van der Waals surface area contributed by atoms with Crippen molar-refractivity contribution in [2.24, 2.45) is 25.9 Å². The number of amides is 2. The van der Waals surface area contributed by atoms with E-state index in [9.17, 15) is 14.4 Å². The van der Waals surface area contributed by atoms with Gasteiger partial charge in [0, 0.05) is 56.1 Å². The first-order valence-electron chi connectivity index (χ1n) is 19.0. The Morgan fingerprint density at radius 1 is 1.05 bits per heavy atom. The van der Waals surface area contributed by atoms with Crippen LogP contribution in [0.2, 0.25) is 5.02 Å². The summed E-state index contributed by atoms with van der Waals surface area (Å²) in [5.41, 5.74) is 1.88. The predicted octanol–water partition coefficient (Wildman–Crippen LogP) is 5.82. The van der Waals surface area contributed by atoms with E-state index >= 15 is 13.2 Å². The summed E-state index contributed by atoms with van der Waals surface area (Å²) in [5.74, 6) is -4.55. The van der Waals surface area contributed by atoms with E-state index in [1.807, 2.05) is 4.90 Å². The summed E-state index contributed by atoms with van der Waals surface area (Å²) in [6.45, 7) is 2.30. The van der Waals surface area contributed by atoms with Gasteiger partial charge >= 0.3 is 5.92 Å². The van der Waals surface area contributed by atoms with E-state index in [1.165, 1.54) is 15.4 Å². The fourth-order valence-electron chi connectivity index (χ4n) is 8.44. The number of piperidine rings is 2. The molecule has 1 saturated carbocycles. The molecule has 298 valence electrons. The maximum Gasteiger partial charge on any atom is 0.301 e. The van der Waals surface area contributed by atoms with Crippen LogP contribution in [0.4, 0.5) is 42.0 Å². The number of hydrogen-bond donors (Lipinski definition) is 4. The number of aromatic nitrogens is 5. The zero-order chi connectivity index (χ0) is 39.9. The van der Waals surface area contributed by atoms with Gasteiger partial charge in [-0.15, -0.1) is 0 Å². The van der Waals surface area contributed by atoms with Crippen molar-refractivity contribution in [2.75, 3.05) is 40.5 Å². The second kappa shape index (κ2) is 13.8. The first-order valence-corrected chi connectivity index (χ1v) is 19.4. The van der Waals surface area contributed by atoms with Crippen molar-refractivity contribution in [3.8, 4) is 5.75 Å². The lowest BCUT2D eigenvalue weighted by atomic mass is 9.92. The Bertz CT molecular complexity index is 2540. The summed E-state index contributed by atoms with van der Waals surface area (Å²) in [6, 6.07) is 7.44. The van der Waals surface area contributed by atoms with E-state index < -0.39 is 41.8 Å². The van der Waals surface area contributed by atoms with Crippen LogP contribution in [0.1, 0.15) is 50.6 Å². The van der Waals surface area contributed by atoms with Crippen LogP contribution in [-0.4, -0.2) is 73.8 Å². The lowest BCUT2D eigenvalue weighted by Crippen LogP contribution is -2.46. The first-order chi connectivity index (χ1) is 27.3. The number of benzene rings is 2. The minimum absolute atomic E-state index is 0.0408. The molecule has 18 heteroatoms. The topological polar surface area (TPSA) is 160 Å². The van der Waals surface area contributed by atoms with Gasteiger partial charge < -0.3 is 30.2 Å². The molecule has 4 atom stereocenters. The summed E-state index contributed by atoms with van der Waals surface area (Å²) >= 11 is 6.59. The van der Waals surface area contributed by atoms with Gasteiger partial charge in [0.1, 0.15) is 10.5 Å². The van der Waals surface area contributed by atoms with Crippen molar-refractivity contribution < 1.29 is 27.5 Å². The number of carbonyl (C=O) groups is 2. The summed E-state index contributed by atoms with van der Waals surface area (Å²) in [6.07, 6.45) is 4.03. The summed E-state index contributed by atoms with van der Waals surface area (Å²) in [4.78, 5) is 48.8. The Balaban J connectivity index is 0.923. The molecule has 14 nitrogen and oxygen atoms in total. The molecule has 4 unspecified atom stereocenters. The standard InChI is InChI=1S/C39H40ClF3N10O4/c1-18-16-53(13-12-25(18)46-26-9-7-21-30(50-52(3)32(21)29(26)41)22-8-11-28(54)47-36(22)55)38-44-15-24(40)35(49-38)45-20-6-10-27-23(14-20)31-33(37(56)51(27)2)57-17-39(42,43)34(48-31)19-4-5-19/h6-7,9-10,14-15,18-19,22,25,34,46,48H,4-5,8,11-13,16-17H2,1-3H3,(H,44,45,49)(H,47,54,55). The van der Waals surface area contributed by atoms with Gasteiger partial charge in [0.05, 0.1) is 40.7 Å². The SMILES string of the molecule is CC1CN(c2ncc(Cl)c(Nc3ccc4c(c3)c3c(c(=O)n4C)OCC(F)(F)C(C4CC4)N3)n2)CCC1Nc1ccc2c(C3CCC(=O)NC3=O)nn(C)c2c1F. The quantitative estimate of drug-likeness (QED) is 0.147. The smallest absolute Gasteiger partial charge is 0.301 e. The molecule has 0 radical (unpaired) electrons. The predicted molar refractivity (Wildman–Crippen MR) is 209 cm³/mol. The number of hydrogen-bond acceptors (Lipinski definition) is 11. The molecule has 6 heterocycles. The maximum atomic E-state index is 16.1. The Labute approximate surface area is 329 Å². The lowest BCUT2D eigenvalue weighted by Gasteiger charge is -2.38. The van der Waals surface area contributed by atoms with Gasteiger partial charge in [-0.25, -0.2) is 18.2 Å². The number of carbonyl (C=O) groups excluding carboxylic acids is 2. The summed E-state index contributed by atoms with van der Waals surface area (Å²) < 4.78 is 54.7. The third kappa shape index (κ3) is 6.54. The average Bonchev–Trinajstić information content (AvgIpc) is 3.97. The summed E-state index contributed by atoms with van der Waals surface area (Å²) in [5, 5.41) is 17.8. The Morgan fingerprint density at radius 2 is 1.86 bits per heavy atom. The number of alkyl halides is 2. The molecule has 5 aromatic rings. The van der Waals surface area contributed by atoms with Crippen LogP contribution in [0.3, 0.4) is 0 Å². The zero-order valence-corrected chi connectivity index (χ0v) is 32.1. The number of nitrogens with one attached hydrogen (secondary N) is 4. The van der Waals surface area contributed by atoms with Gasteiger partial charge in [0.15, 0.2) is 18.2 Å². The number of halogens is 4. The van der Waals surface area contributed by atoms with Crippen molar-refractivity contribution in [3.63, 3.8) is 0 Å². The van der Waals surface area contributed by atoms with Gasteiger partial charge in [0.25, 0.3) is 5.56 Å². The van der Waals surface area contributed by atoms with Gasteiger partial charge in [-0.3, -0.25) is 24.4 Å². The highest BCUT2D eigenvalue weighted by Gasteiger charge is 2.51. The number of pyridine rings is 1. The van der Waals surface area contributed by atoms with Crippen molar-refractivity contribution in [2.45, 2.75) is 63.0 Å². The molecule has 0 spiro atoms. The van der Waals surface area contributed by atoms with Crippen LogP contribution in [0.5, 0.6) is 5.75 Å². The van der Waals surface area contributed by atoms with E-state index in [2.05, 4.69) is 38.3 Å². The highest BCUT2D eigenvalue weighted by atomic mass is 35.5. The number of imide groups is 1. The summed E-state index contributed by atoms with van der Waals surface area (Å²) in [7, 11) is 3.21. The number of fused-ring (bicyclic) bond motifs is 4. The molecule has 2 amide bonds. The van der Waals surface area contributed by atoms with Crippen molar-refractivity contribution in [1.29, 1.82) is 0 Å². The molecule has 2 aromatic carbocycles. The number of nitrogens with zero attached hydrogens (tertiary/aromatic N) is 6. The zero-order valence-electron chi connectivity index (χ0n) is 31.3. The largest absolute Gasteiger partial charge is 0.480 e. The molecule has 3 aliphatic heterocycles. The lowest BCUT2D eigenvalue weighted by molar-refractivity contribution is -0.134. The average molecular weight is 805 g/mol. The second-order valence-corrected chi connectivity index (χ2v) is 16.0. The highest BCUT2D eigenvalue weighted by molar-refractivity contribution is 6.33. The molecule has 4 aliphatic rings. The molecular formula is C39H40ClF3N10O4. The van der Waals surface area contributed by atoms with Crippen molar-refractivity contribution >= 4 is 74.0 Å². The van der Waals surface area contributed by atoms with E-state index in [0.717, 1.165) is 0 Å². The van der Waals surface area contributed by atoms with E-state index in [4.69, 9.17) is 21.3 Å². The fourth-order valence-corrected chi connectivity index (χ4v) is 8.58. The monoisotopic (exact) mass is 804 g/mol. The molecule has 9 rings (SSSR count). The van der Waals surface area contributed by atoms with Gasteiger partial charge in [-0.1, -0.05) is 18.5 Å². The fraction of sp³-hybridized carbons (Fsp3) is 0.436. The van der Waals surface area contributed by atoms with E-state index in [-0.39, 0.29) is 52.2 Å². The number of aryl methyl sites for hydroxylation is 2. The minimum Gasteiger partial charge on any atom is -0.480 e. The van der Waals surface area contributed by atoms with Crippen LogP contribution in [0, 0.1) is 17.7 Å². The maximum absolute atomic E-state index is 16.1. The van der Waals surface area contributed by atoms with E-state index in [0.29, 0.717) is 83.9 Å². The molecule has 2 saturated heterocycles. The normalized spacial score (nSPS) is 23.4. The van der Waals surface area contributed by atoms with Crippen LogP contribution >= 0.6 is 11.6 Å². The molecule has 57 heavy (non-hydrogen) atoms. The van der Waals surface area contributed by atoms with Crippen LogP contribution in [0.15, 0.2) is 41.3 Å². The highest BCUT2D eigenvalue weighted by Crippen LogP contribution is 2.46. The third-order valence-corrected chi connectivity index (χ3v) is 12.0. The number of rotatable bonds is 7. The van der Waals surface area contributed by atoms with Crippen LogP contribution in [-0.2, 0) is 23.7 Å². The van der Waals surface area contributed by atoms with Crippen LogP contribution < -0.4 is 36.5 Å². The second-order valence-electron chi connectivity index (χ2n) is 15.6. The van der Waals surface area contributed by atoms with Gasteiger partial charge in [0.2, 0.25) is 23.5 Å². The van der Waals surface area contributed by atoms with Gasteiger partial charge in [-0.05, 0) is 67.9 Å². The Kier molecular flexibility index (Phi) is 8.97. The number of anilines is 5. The van der Waals surface area contributed by atoms with E-state index in [1.54, 1.807) is 44.4 Å². The molecule has 3 fully saturated rings. The molecule has 4 N–H and O–H groups in total. The third-order valence-electron chi connectivity index (χ3n) is 11.7. The van der Waals surface area contributed by atoms with Crippen LogP contribution in [0.25, 0.3) is 21.8 Å². The Morgan fingerprint density at radius 3 is 2.61 bits per heavy atom. The molecule has 1 aliphatic carbocycles. The van der Waals surface area contributed by atoms with Crippen molar-refractivity contribution in [1.82, 2.24) is 29.6 Å². The Hall–Kier alpha value is -5.58. The molecular weight excluding hydrogens is 765 g/mol. The molecule has 3 aromatic heterocycles. The molecule has 0 bridgehead atoms. The van der Waals surface area contributed by atoms with Crippen molar-refractivity contribution in [3.05, 3.63) is 63.4 Å². The first kappa shape index (κ1) is 37.0. The van der Waals surface area contributed by atoms with Gasteiger partial charge in [-0.2, -0.15) is 10.1 Å². The number of ether oxygens (including phenoxy) is 1.